The second-order valence-corrected chi connectivity index (χ2v) is 13.8. The first-order valence-corrected chi connectivity index (χ1v) is 18.6. The van der Waals surface area contributed by atoms with Crippen LogP contribution in [0.3, 0.4) is 0 Å². The Hall–Kier alpha value is -6.01. The summed E-state index contributed by atoms with van der Waals surface area (Å²) in [5.74, 6) is 0.964. The number of rotatable bonds is 9. The predicted octanol–water partition coefficient (Wildman–Crippen LogP) is 11.7. The van der Waals surface area contributed by atoms with Crippen molar-refractivity contribution in [1.82, 2.24) is 30.4 Å². The monoisotopic (exact) mass is 774 g/mol. The summed E-state index contributed by atoms with van der Waals surface area (Å²) in [5.41, 5.74) is 6.64. The average Bonchev–Trinajstić information content (AvgIpc) is 4.05. The molecule has 13 heteroatoms. The van der Waals surface area contributed by atoms with Crippen LogP contribution < -0.4 is 10.6 Å². The minimum atomic E-state index is -0.513. The maximum absolute atomic E-state index is 14.9. The highest BCUT2D eigenvalue weighted by Gasteiger charge is 2.19. The van der Waals surface area contributed by atoms with Crippen LogP contribution in [0, 0.1) is 11.6 Å². The largest absolute Gasteiger partial charge is 0.364 e. The molecule has 0 fully saturated rings. The molecule has 0 saturated heterocycles. The lowest BCUT2D eigenvalue weighted by Crippen LogP contribution is -2.00. The summed E-state index contributed by atoms with van der Waals surface area (Å²) in [4.78, 5) is 7.72. The normalized spacial score (nSPS) is 11.1. The number of halogens is 4. The van der Waals surface area contributed by atoms with E-state index < -0.39 is 11.6 Å². The van der Waals surface area contributed by atoms with Gasteiger partial charge in [-0.2, -0.15) is 21.5 Å². The van der Waals surface area contributed by atoms with Crippen molar-refractivity contribution < 1.29 is 8.78 Å². The molecular formula is C41H30Cl2F2N8S. The number of thiophene rings is 1. The molecule has 0 aliphatic carbocycles. The third-order valence-corrected chi connectivity index (χ3v) is 10.3. The molecule has 8 nitrogen and oxygen atoms in total. The van der Waals surface area contributed by atoms with E-state index >= 15 is 0 Å². The van der Waals surface area contributed by atoms with Gasteiger partial charge in [0.05, 0.1) is 28.5 Å². The Kier molecular flexibility index (Phi) is 10.1. The molecule has 0 atom stereocenters. The molecule has 0 aliphatic heterocycles. The van der Waals surface area contributed by atoms with Crippen molar-refractivity contribution in [3.8, 4) is 33.6 Å². The van der Waals surface area contributed by atoms with Crippen molar-refractivity contribution in [1.29, 1.82) is 0 Å². The van der Waals surface area contributed by atoms with Gasteiger partial charge in [-0.25, -0.2) is 13.8 Å². The van der Waals surface area contributed by atoms with E-state index in [9.17, 15) is 8.78 Å². The Morgan fingerprint density at radius 3 is 1.63 bits per heavy atom. The van der Waals surface area contributed by atoms with Crippen LogP contribution in [0.5, 0.6) is 0 Å². The second-order valence-electron chi connectivity index (χ2n) is 12.3. The molecule has 54 heavy (non-hydrogen) atoms. The molecule has 0 saturated carbocycles. The van der Waals surface area contributed by atoms with E-state index in [-0.39, 0.29) is 15.6 Å². The van der Waals surface area contributed by atoms with Crippen molar-refractivity contribution in [2.45, 2.75) is 13.1 Å². The zero-order chi connectivity index (χ0) is 37.0. The molecule has 0 bridgehead atoms. The van der Waals surface area contributed by atoms with Gasteiger partial charge in [0.15, 0.2) is 23.3 Å². The summed E-state index contributed by atoms with van der Waals surface area (Å²) >= 11 is 14.2. The number of hydrogen-bond donors (Lipinski definition) is 5. The Morgan fingerprint density at radius 1 is 0.630 bits per heavy atom. The summed E-state index contributed by atoms with van der Waals surface area (Å²) in [5, 5.41) is 26.0. The number of anilines is 2. The smallest absolute Gasteiger partial charge is 0.168 e. The van der Waals surface area contributed by atoms with Crippen LogP contribution in [0.1, 0.15) is 11.3 Å². The van der Waals surface area contributed by atoms with Crippen LogP contribution in [-0.4, -0.2) is 30.4 Å². The summed E-state index contributed by atoms with van der Waals surface area (Å²) in [7, 11) is 0. The van der Waals surface area contributed by atoms with E-state index in [0.29, 0.717) is 52.1 Å². The number of aromatic nitrogens is 6. The van der Waals surface area contributed by atoms with Gasteiger partial charge in [0.2, 0.25) is 0 Å². The number of imidazole rings is 1. The predicted molar refractivity (Wildman–Crippen MR) is 216 cm³/mol. The summed E-state index contributed by atoms with van der Waals surface area (Å²) in [6.45, 7) is 1.10. The van der Waals surface area contributed by atoms with Crippen molar-refractivity contribution >= 4 is 68.0 Å². The quantitative estimate of drug-likeness (QED) is 0.100. The highest BCUT2D eigenvalue weighted by atomic mass is 35.5. The standard InChI is InChI=1S/C23H17ClFN5.C18H13ClFN3S/c24-19-17(14-7-3-1-4-8-14)11-18-21(20(19)25)29-30-23(18)27-13-16-12-26-22(28-16)15-9-5-2-6-10-15;19-15-13(12-4-2-1-3-5-12)8-14-17(16(15)20)22-23-18(14)21-9-11-6-7-24-10-11/h1-12H,13H2,(H,26,28)(H2,27,29,30);1-8,10H,9H2,(H2,21,22,23). The van der Waals surface area contributed by atoms with Crippen LogP contribution in [0.15, 0.2) is 126 Å². The van der Waals surface area contributed by atoms with Gasteiger partial charge in [-0.05, 0) is 45.6 Å². The van der Waals surface area contributed by atoms with Crippen molar-refractivity contribution in [2.24, 2.45) is 0 Å². The lowest BCUT2D eigenvalue weighted by atomic mass is 10.0. The number of nitrogens with zero attached hydrogens (tertiary/aromatic N) is 3. The molecule has 9 aromatic rings. The highest BCUT2D eigenvalue weighted by molar-refractivity contribution is 7.07. The van der Waals surface area contributed by atoms with Gasteiger partial charge in [-0.3, -0.25) is 10.2 Å². The third-order valence-electron chi connectivity index (χ3n) is 8.81. The SMILES string of the molecule is Fc1c(Cl)c(-c2ccccc2)cc2c(NCc3ccsc3)n[nH]c12.Fc1c(Cl)c(-c2ccccc2)cc2c(NCc3cnc(-c4ccccc4)[nH]3)n[nH]c12. The van der Waals surface area contributed by atoms with Crippen LogP contribution in [0.2, 0.25) is 10.0 Å². The van der Waals surface area contributed by atoms with Gasteiger partial charge in [0.1, 0.15) is 16.9 Å². The van der Waals surface area contributed by atoms with E-state index in [1.165, 1.54) is 0 Å². The molecule has 268 valence electrons. The van der Waals surface area contributed by atoms with Crippen LogP contribution in [0.25, 0.3) is 55.4 Å². The number of H-pyrrole nitrogens is 3. The topological polar surface area (TPSA) is 110 Å². The van der Waals surface area contributed by atoms with Crippen LogP contribution in [0.4, 0.5) is 20.4 Å². The maximum Gasteiger partial charge on any atom is 0.168 e. The van der Waals surface area contributed by atoms with E-state index in [2.05, 4.69) is 46.4 Å². The number of benzene rings is 5. The molecule has 5 aromatic carbocycles. The zero-order valence-electron chi connectivity index (χ0n) is 28.3. The maximum atomic E-state index is 14.9. The number of hydrogen-bond acceptors (Lipinski definition) is 6. The van der Waals surface area contributed by atoms with E-state index in [0.717, 1.165) is 33.8 Å². The summed E-state index contributed by atoms with van der Waals surface area (Å²) in [6.07, 6.45) is 1.77. The van der Waals surface area contributed by atoms with Crippen molar-refractivity contribution in [3.63, 3.8) is 0 Å². The molecule has 0 unspecified atom stereocenters. The fourth-order valence-electron chi connectivity index (χ4n) is 6.06. The molecule has 9 rings (SSSR count). The molecule has 0 spiro atoms. The Bertz CT molecular complexity index is 2660. The van der Waals surface area contributed by atoms with Gasteiger partial charge in [-0.15, -0.1) is 0 Å². The first-order valence-electron chi connectivity index (χ1n) is 16.9. The Morgan fingerprint density at radius 2 is 1.13 bits per heavy atom. The molecular weight excluding hydrogens is 745 g/mol. The van der Waals surface area contributed by atoms with Gasteiger partial charge in [0, 0.05) is 34.0 Å². The highest BCUT2D eigenvalue weighted by Crippen LogP contribution is 2.38. The van der Waals surface area contributed by atoms with Crippen molar-refractivity contribution in [3.05, 3.63) is 159 Å². The average molecular weight is 776 g/mol. The number of aromatic amines is 3. The molecule has 5 N–H and O–H groups in total. The molecule has 0 aliphatic rings. The lowest BCUT2D eigenvalue weighted by Gasteiger charge is -2.08. The fraction of sp³-hybridized carbons (Fsp3) is 0.0488. The third kappa shape index (κ3) is 7.16. The van der Waals surface area contributed by atoms with Gasteiger partial charge >= 0.3 is 0 Å². The minimum Gasteiger partial charge on any atom is -0.364 e. The first-order chi connectivity index (χ1) is 26.4. The van der Waals surface area contributed by atoms with Gasteiger partial charge in [-0.1, -0.05) is 114 Å². The zero-order valence-corrected chi connectivity index (χ0v) is 30.6. The Balaban J connectivity index is 0.000000157. The molecule has 0 radical (unpaired) electrons. The molecule has 0 amide bonds. The van der Waals surface area contributed by atoms with Crippen LogP contribution >= 0.6 is 34.5 Å². The summed E-state index contributed by atoms with van der Waals surface area (Å²) < 4.78 is 29.5. The van der Waals surface area contributed by atoms with E-state index in [1.807, 2.05) is 115 Å². The van der Waals surface area contributed by atoms with Gasteiger partial charge < -0.3 is 15.6 Å². The van der Waals surface area contributed by atoms with E-state index in [1.54, 1.807) is 17.5 Å². The molecule has 4 aromatic heterocycles. The first kappa shape index (κ1) is 35.0. The minimum absolute atomic E-state index is 0.0740. The van der Waals surface area contributed by atoms with Crippen LogP contribution in [-0.2, 0) is 13.1 Å². The number of nitrogens with one attached hydrogen (secondary N) is 5. The number of fused-ring (bicyclic) bond motifs is 2. The van der Waals surface area contributed by atoms with E-state index in [4.69, 9.17) is 23.2 Å². The molecule has 4 heterocycles. The Labute approximate surface area is 322 Å². The van der Waals surface area contributed by atoms with Crippen molar-refractivity contribution in [2.75, 3.05) is 10.6 Å². The summed E-state index contributed by atoms with van der Waals surface area (Å²) in [6, 6.07) is 34.7. The second kappa shape index (κ2) is 15.5. The lowest BCUT2D eigenvalue weighted by molar-refractivity contribution is 0.637. The fourth-order valence-corrected chi connectivity index (χ4v) is 7.25. The van der Waals surface area contributed by atoms with Gasteiger partial charge in [0.25, 0.3) is 0 Å².